The molecule has 4 aliphatic rings. The van der Waals surface area contributed by atoms with Crippen molar-refractivity contribution in [2.24, 2.45) is 0 Å². The molecule has 3 aromatic heterocycles. The summed E-state index contributed by atoms with van der Waals surface area (Å²) in [6.45, 7) is 17.3. The molecular formula is C56H66Cl4F2N4O16S5. The van der Waals surface area contributed by atoms with Crippen molar-refractivity contribution in [1.82, 2.24) is 15.0 Å². The summed E-state index contributed by atoms with van der Waals surface area (Å²) >= 11 is 24.2. The number of benzene rings is 4. The van der Waals surface area contributed by atoms with Gasteiger partial charge in [-0.2, -0.15) is 8.42 Å². The van der Waals surface area contributed by atoms with Crippen LogP contribution in [-0.2, 0) is 69.9 Å². The molecule has 4 fully saturated rings. The number of alkyl halides is 2. The van der Waals surface area contributed by atoms with Crippen molar-refractivity contribution in [3.63, 3.8) is 0 Å². The predicted molar refractivity (Wildman–Crippen MR) is 327 cm³/mol. The molecule has 20 nitrogen and oxygen atoms in total. The number of oxazole rings is 3. The zero-order chi connectivity index (χ0) is 64.9. The average Bonchev–Trinajstić information content (AvgIpc) is 2.01. The van der Waals surface area contributed by atoms with Crippen molar-refractivity contribution in [2.45, 2.75) is 195 Å². The summed E-state index contributed by atoms with van der Waals surface area (Å²) < 4.78 is 171. The van der Waals surface area contributed by atoms with Crippen molar-refractivity contribution in [1.29, 1.82) is 0 Å². The number of fused-ring (bicyclic) bond motifs is 3. The second kappa shape index (κ2) is 24.3. The van der Waals surface area contributed by atoms with Gasteiger partial charge >= 0.3 is 0 Å². The monoisotopic (exact) mass is 1390 g/mol. The van der Waals surface area contributed by atoms with Gasteiger partial charge in [-0.25, -0.2) is 57.4 Å². The minimum atomic E-state index is -3.82. The van der Waals surface area contributed by atoms with Gasteiger partial charge in [0, 0.05) is 16.2 Å². The van der Waals surface area contributed by atoms with Crippen molar-refractivity contribution in [2.75, 3.05) is 12.0 Å². The number of nitrogens with zero attached hydrogens (tertiary/aromatic N) is 3. The van der Waals surface area contributed by atoms with E-state index >= 15 is 0 Å². The summed E-state index contributed by atoms with van der Waals surface area (Å²) in [4.78, 5) is 12.5. The minimum Gasteiger partial charge on any atom is -0.504 e. The lowest BCUT2D eigenvalue weighted by Crippen LogP contribution is -2.42. The number of nitrogen functional groups attached to an aromatic ring is 1. The van der Waals surface area contributed by atoms with E-state index in [2.05, 4.69) is 15.0 Å². The van der Waals surface area contributed by atoms with Crippen LogP contribution in [-0.4, -0.2) is 119 Å². The van der Waals surface area contributed by atoms with Crippen LogP contribution in [0.25, 0.3) is 33.3 Å². The van der Waals surface area contributed by atoms with E-state index in [4.69, 9.17) is 69.6 Å². The fraction of sp³-hybridized carbons (Fsp3) is 0.518. The molecule has 0 saturated heterocycles. The third kappa shape index (κ3) is 14.2. The molecule has 0 atom stereocenters. The van der Waals surface area contributed by atoms with Gasteiger partial charge < -0.3 is 29.2 Å². The van der Waals surface area contributed by atoms with Crippen LogP contribution in [0, 0.1) is 0 Å². The molecule has 0 aliphatic heterocycles. The van der Waals surface area contributed by atoms with Crippen LogP contribution in [0.15, 0.2) is 81.4 Å². The molecule has 478 valence electrons. The lowest BCUT2D eigenvalue weighted by Gasteiger charge is -2.33. The Kier molecular flexibility index (Phi) is 19.1. The van der Waals surface area contributed by atoms with Crippen LogP contribution in [0.5, 0.6) is 5.75 Å². The lowest BCUT2D eigenvalue weighted by molar-refractivity contribution is 0.0977. The zero-order valence-corrected chi connectivity index (χ0v) is 55.8. The van der Waals surface area contributed by atoms with E-state index in [0.717, 1.165) is 6.26 Å². The molecule has 0 radical (unpaired) electrons. The first-order valence-corrected chi connectivity index (χ1v) is 36.7. The molecule has 0 bridgehead atoms. The van der Waals surface area contributed by atoms with Crippen molar-refractivity contribution < 1.29 is 78.5 Å². The van der Waals surface area contributed by atoms with E-state index < -0.39 is 111 Å². The molecule has 4 saturated carbocycles. The number of aliphatic hydroxyl groups is 1. The van der Waals surface area contributed by atoms with E-state index in [1.54, 1.807) is 18.2 Å². The first kappa shape index (κ1) is 68.5. The SMILES string of the molecule is CC(C)(C)c1nc2ccc(Cl)c(S(=O)(=O)C3CC(F)C3)c2o1.CC(C)(C)c1nc2ccc(Cl)c(S(=O)(=O)C3CC(O)C3)c2o1.CC(C)(C)c1nc2ccc(Cl)c(S(=O)(=O)C3CC(OS(C)(=O)=O)C3)c2o1.Nc1ccc(Cl)c(S(=O)(=O)C2CC(F)C2)c1O. The van der Waals surface area contributed by atoms with Gasteiger partial charge in [-0.1, -0.05) is 109 Å². The number of halogens is 6. The molecule has 7 aromatic rings. The van der Waals surface area contributed by atoms with Crippen LogP contribution in [0.3, 0.4) is 0 Å². The summed E-state index contributed by atoms with van der Waals surface area (Å²) in [6, 6.07) is 12.0. The first-order chi connectivity index (χ1) is 39.8. The number of aromatic hydroxyl groups is 1. The fourth-order valence-corrected chi connectivity index (χ4v) is 20.1. The molecule has 0 amide bonds. The number of phenolic OH excluding ortho intramolecular Hbond substituents is 1. The van der Waals surface area contributed by atoms with Gasteiger partial charge in [-0.3, -0.25) is 4.18 Å². The van der Waals surface area contributed by atoms with Crippen molar-refractivity contribution >= 4 is 135 Å². The van der Waals surface area contributed by atoms with Gasteiger partial charge in [0.1, 0.15) is 48.5 Å². The molecule has 87 heavy (non-hydrogen) atoms. The molecule has 4 aliphatic carbocycles. The summed E-state index contributed by atoms with van der Waals surface area (Å²) in [5.74, 6) is 0.769. The number of aromatic nitrogens is 3. The normalized spacial score (nSPS) is 22.8. The number of hydrogen-bond acceptors (Lipinski definition) is 20. The average molecular weight is 1390 g/mol. The second-order valence-corrected chi connectivity index (χ2v) is 37.0. The number of hydrogen-bond donors (Lipinski definition) is 3. The van der Waals surface area contributed by atoms with E-state index in [9.17, 15) is 61.1 Å². The minimum absolute atomic E-state index is 0.00781. The standard InChI is InChI=1S/C16H20ClNO6S2.C15H17ClFNO3S.C15H18ClNO4S.C10H11ClFNO3S/c1-16(2,3)15-18-12-6-5-11(17)14(13(12)23-15)26(21,22)10-7-9(8-10)24-25(4,19)20;1-15(2,3)14-18-11-5-4-10(16)13(12(11)21-14)22(19,20)9-6-8(17)7-9;1-15(2,3)14-17-11-5-4-10(16)13(12(11)21-14)22(19,20)9-6-8(18)7-9;11-7-1-2-8(13)9(14)10(7)17(15,16)6-3-5(12)4-6/h5-6,9-10H,7-8H2,1-4H3;4-5,8-9H,6-7H2,1-3H3;4-5,8-9,18H,6-7H2,1-3H3;1-2,5-6,14H,3-4,13H2. The van der Waals surface area contributed by atoms with Crippen LogP contribution < -0.4 is 5.73 Å². The summed E-state index contributed by atoms with van der Waals surface area (Å²) in [6.07, 6.45) is -1.89. The van der Waals surface area contributed by atoms with Gasteiger partial charge in [0.05, 0.1) is 65.2 Å². The molecule has 4 aromatic carbocycles. The molecule has 0 spiro atoms. The summed E-state index contributed by atoms with van der Waals surface area (Å²) in [5, 5.41) is 16.3. The Bertz CT molecular complexity index is 4240. The Labute approximate surface area is 523 Å². The van der Waals surface area contributed by atoms with Gasteiger partial charge in [0.25, 0.3) is 10.1 Å². The highest BCUT2D eigenvalue weighted by Crippen LogP contribution is 2.46. The quantitative estimate of drug-likeness (QED) is 0.0650. The van der Waals surface area contributed by atoms with Crippen molar-refractivity contribution in [3.05, 3.63) is 86.3 Å². The van der Waals surface area contributed by atoms with Crippen LogP contribution >= 0.6 is 46.4 Å². The lowest BCUT2D eigenvalue weighted by atomic mass is 9.96. The number of nitrogens with two attached hydrogens (primary N) is 1. The maximum atomic E-state index is 13.1. The van der Waals surface area contributed by atoms with Gasteiger partial charge in [-0.05, 0) is 99.9 Å². The van der Waals surface area contributed by atoms with Crippen LogP contribution in [0.1, 0.15) is 131 Å². The Morgan fingerprint density at radius 3 is 1.05 bits per heavy atom. The molecular weight excluding hydrogens is 1320 g/mol. The Hall–Kier alpha value is -4.42. The smallest absolute Gasteiger partial charge is 0.264 e. The Balaban J connectivity index is 0.000000152. The highest BCUT2D eigenvalue weighted by Gasteiger charge is 2.47. The number of aliphatic hydroxyl groups excluding tert-OH is 1. The van der Waals surface area contributed by atoms with Gasteiger partial charge in [0.15, 0.2) is 61.8 Å². The molecule has 3 heterocycles. The van der Waals surface area contributed by atoms with E-state index in [1.165, 1.54) is 30.3 Å². The molecule has 4 N–H and O–H groups in total. The zero-order valence-electron chi connectivity index (χ0n) is 48.7. The topological polar surface area (TPSA) is 324 Å². The highest BCUT2D eigenvalue weighted by molar-refractivity contribution is 7.93. The van der Waals surface area contributed by atoms with E-state index in [1.807, 2.05) is 62.3 Å². The fourth-order valence-electron chi connectivity index (χ4n) is 9.49. The number of rotatable bonds is 10. The van der Waals surface area contributed by atoms with Gasteiger partial charge in [-0.15, -0.1) is 0 Å². The van der Waals surface area contributed by atoms with Gasteiger partial charge in [0.2, 0.25) is 17.7 Å². The number of sulfone groups is 4. The molecule has 11 rings (SSSR count). The summed E-state index contributed by atoms with van der Waals surface area (Å²) in [7, 11) is -18.6. The van der Waals surface area contributed by atoms with Crippen LogP contribution in [0.4, 0.5) is 14.5 Å². The third-order valence-electron chi connectivity index (χ3n) is 14.8. The molecule has 31 heteroatoms. The number of anilines is 1. The largest absolute Gasteiger partial charge is 0.504 e. The maximum Gasteiger partial charge on any atom is 0.264 e. The van der Waals surface area contributed by atoms with E-state index in [-0.39, 0.29) is 119 Å². The molecule has 0 unspecified atom stereocenters. The number of phenols is 1. The van der Waals surface area contributed by atoms with Crippen molar-refractivity contribution in [3.8, 4) is 5.75 Å². The first-order valence-electron chi connectivity index (χ1n) is 27.2. The Morgan fingerprint density at radius 1 is 0.483 bits per heavy atom. The third-order valence-corrected chi connectivity index (χ3v) is 26.1. The highest BCUT2D eigenvalue weighted by atomic mass is 35.5. The second-order valence-electron chi connectivity index (χ2n) is 25.1. The summed E-state index contributed by atoms with van der Waals surface area (Å²) in [5.41, 5.74) is 6.13. The van der Waals surface area contributed by atoms with E-state index in [0.29, 0.717) is 34.2 Å². The van der Waals surface area contributed by atoms with Crippen LogP contribution in [0.2, 0.25) is 20.1 Å². The maximum absolute atomic E-state index is 13.1. The predicted octanol–water partition coefficient (Wildman–Crippen LogP) is 12.1. The Morgan fingerprint density at radius 2 is 0.759 bits per heavy atom.